The zero-order valence-electron chi connectivity index (χ0n) is 16.9. The van der Waals surface area contributed by atoms with Crippen LogP contribution in [0.15, 0.2) is 0 Å². The molecule has 150 valence electrons. The van der Waals surface area contributed by atoms with Crippen LogP contribution in [-0.2, 0) is 9.53 Å². The molecule has 2 aliphatic rings. The number of amides is 2. The van der Waals surface area contributed by atoms with Crippen LogP contribution in [0.3, 0.4) is 0 Å². The van der Waals surface area contributed by atoms with Gasteiger partial charge in [-0.15, -0.1) is 0 Å². The Balaban J connectivity index is 1.81. The first kappa shape index (κ1) is 21.0. The predicted octanol–water partition coefficient (Wildman–Crippen LogP) is 3.18. The fraction of sp³-hybridized carbons (Fsp3) is 0.900. The summed E-state index contributed by atoms with van der Waals surface area (Å²) in [5.74, 6) is 0.543. The maximum atomic E-state index is 12.8. The second-order valence-corrected chi connectivity index (χ2v) is 8.82. The van der Waals surface area contributed by atoms with Crippen LogP contribution >= 0.6 is 0 Å². The number of hydrogen-bond acceptors (Lipinski definition) is 4. The molecule has 0 aromatic rings. The van der Waals surface area contributed by atoms with E-state index in [1.165, 1.54) is 0 Å². The minimum absolute atomic E-state index is 0.179. The lowest BCUT2D eigenvalue weighted by atomic mass is 9.91. The van der Waals surface area contributed by atoms with Gasteiger partial charge in [0.15, 0.2) is 0 Å². The molecule has 2 rings (SSSR count). The summed E-state index contributed by atoms with van der Waals surface area (Å²) >= 11 is 0. The van der Waals surface area contributed by atoms with Gasteiger partial charge in [-0.1, -0.05) is 13.3 Å². The van der Waals surface area contributed by atoms with Crippen molar-refractivity contribution in [1.82, 2.24) is 9.80 Å². The van der Waals surface area contributed by atoms with E-state index in [0.29, 0.717) is 44.8 Å². The van der Waals surface area contributed by atoms with E-state index in [4.69, 9.17) is 4.74 Å². The lowest BCUT2D eigenvalue weighted by Crippen LogP contribution is -2.48. The lowest BCUT2D eigenvalue weighted by Gasteiger charge is -2.39. The maximum Gasteiger partial charge on any atom is 0.410 e. The molecule has 0 saturated carbocycles. The molecule has 2 unspecified atom stereocenters. The summed E-state index contributed by atoms with van der Waals surface area (Å²) in [5.41, 5.74) is -0.475. The van der Waals surface area contributed by atoms with Gasteiger partial charge in [-0.2, -0.15) is 0 Å². The first-order chi connectivity index (χ1) is 12.2. The maximum absolute atomic E-state index is 12.8. The minimum atomic E-state index is -0.475. The highest BCUT2D eigenvalue weighted by Crippen LogP contribution is 2.27. The van der Waals surface area contributed by atoms with Crippen LogP contribution in [0.5, 0.6) is 0 Å². The normalized spacial score (nSPS) is 25.3. The number of carbonyl (C=O) groups is 2. The number of ether oxygens (including phenoxy) is 1. The first-order valence-electron chi connectivity index (χ1n) is 10.1. The van der Waals surface area contributed by atoms with Crippen LogP contribution in [0, 0.1) is 5.92 Å². The molecule has 0 spiro atoms. The van der Waals surface area contributed by atoms with Crippen LogP contribution in [0.25, 0.3) is 0 Å². The average molecular weight is 369 g/mol. The van der Waals surface area contributed by atoms with E-state index < -0.39 is 5.60 Å². The molecule has 6 nitrogen and oxygen atoms in total. The summed E-state index contributed by atoms with van der Waals surface area (Å²) in [6.45, 7) is 9.72. The molecule has 2 aliphatic heterocycles. The summed E-state index contributed by atoms with van der Waals surface area (Å²) in [4.78, 5) is 28.7. The van der Waals surface area contributed by atoms with Crippen molar-refractivity contribution in [3.8, 4) is 0 Å². The Morgan fingerprint density at radius 2 is 1.77 bits per heavy atom. The minimum Gasteiger partial charge on any atom is -0.444 e. The van der Waals surface area contributed by atoms with Crippen molar-refractivity contribution in [1.29, 1.82) is 0 Å². The number of piperidine rings is 2. The van der Waals surface area contributed by atoms with Crippen molar-refractivity contribution in [2.75, 3.05) is 19.6 Å². The van der Waals surface area contributed by atoms with E-state index in [9.17, 15) is 14.7 Å². The summed E-state index contributed by atoms with van der Waals surface area (Å²) in [7, 11) is 0. The Hall–Kier alpha value is -1.30. The number of rotatable bonds is 4. The molecule has 0 radical (unpaired) electrons. The molecule has 1 N–H and O–H groups in total. The Morgan fingerprint density at radius 3 is 2.35 bits per heavy atom. The molecular formula is C20H36N2O4. The van der Waals surface area contributed by atoms with E-state index in [1.54, 1.807) is 4.90 Å². The van der Waals surface area contributed by atoms with Gasteiger partial charge in [-0.3, -0.25) is 4.79 Å². The van der Waals surface area contributed by atoms with Crippen molar-refractivity contribution in [3.63, 3.8) is 0 Å². The Morgan fingerprint density at radius 1 is 1.12 bits per heavy atom. The van der Waals surface area contributed by atoms with Gasteiger partial charge in [0.2, 0.25) is 5.91 Å². The van der Waals surface area contributed by atoms with E-state index in [2.05, 4.69) is 6.92 Å². The molecule has 26 heavy (non-hydrogen) atoms. The van der Waals surface area contributed by atoms with Crippen molar-refractivity contribution in [2.45, 2.75) is 90.4 Å². The molecule has 2 amide bonds. The smallest absolute Gasteiger partial charge is 0.410 e. The fourth-order valence-electron chi connectivity index (χ4n) is 3.98. The number of nitrogens with zero attached hydrogens (tertiary/aromatic N) is 2. The van der Waals surface area contributed by atoms with Gasteiger partial charge in [0.05, 0.1) is 6.10 Å². The largest absolute Gasteiger partial charge is 0.444 e. The molecule has 0 aromatic heterocycles. The summed E-state index contributed by atoms with van der Waals surface area (Å²) in [5, 5.41) is 9.90. The Bertz CT molecular complexity index is 481. The standard InChI is InChI=1S/C20H36N2O4/c1-5-6-16-14-17(23)9-12-22(16)18(24)13-15-7-10-21(11-8-15)19(25)26-20(2,3)4/h15-17,23H,5-14H2,1-4H3. The molecule has 6 heteroatoms. The predicted molar refractivity (Wildman–Crippen MR) is 101 cm³/mol. The van der Waals surface area contributed by atoms with Gasteiger partial charge in [0.1, 0.15) is 5.60 Å². The second kappa shape index (κ2) is 9.07. The highest BCUT2D eigenvalue weighted by atomic mass is 16.6. The topological polar surface area (TPSA) is 70.1 Å². The highest BCUT2D eigenvalue weighted by Gasteiger charge is 2.33. The number of hydrogen-bond donors (Lipinski definition) is 1. The lowest BCUT2D eigenvalue weighted by molar-refractivity contribution is -0.138. The van der Waals surface area contributed by atoms with Gasteiger partial charge in [0, 0.05) is 32.1 Å². The zero-order chi connectivity index (χ0) is 19.3. The molecule has 0 bridgehead atoms. The van der Waals surface area contributed by atoms with Crippen LogP contribution in [0.1, 0.15) is 72.6 Å². The molecular weight excluding hydrogens is 332 g/mol. The van der Waals surface area contributed by atoms with Gasteiger partial charge in [0.25, 0.3) is 0 Å². The van der Waals surface area contributed by atoms with E-state index in [1.807, 2.05) is 25.7 Å². The van der Waals surface area contributed by atoms with Crippen LogP contribution in [0.4, 0.5) is 4.79 Å². The van der Waals surface area contributed by atoms with Crippen LogP contribution in [0.2, 0.25) is 0 Å². The van der Waals surface area contributed by atoms with Gasteiger partial charge in [-0.05, 0) is 58.8 Å². The van der Waals surface area contributed by atoms with E-state index in [-0.39, 0.29) is 24.1 Å². The monoisotopic (exact) mass is 368 g/mol. The summed E-state index contributed by atoms with van der Waals surface area (Å²) in [6.07, 6.45) is 5.09. The molecule has 2 heterocycles. The SMILES string of the molecule is CCCC1CC(O)CCN1C(=O)CC1CCN(C(=O)OC(C)(C)C)CC1. The number of aliphatic hydroxyl groups excluding tert-OH is 1. The van der Waals surface area contributed by atoms with Crippen molar-refractivity contribution >= 4 is 12.0 Å². The van der Waals surface area contributed by atoms with Gasteiger partial charge < -0.3 is 19.6 Å². The summed E-state index contributed by atoms with van der Waals surface area (Å²) < 4.78 is 5.43. The Kier molecular flexibility index (Phi) is 7.33. The first-order valence-corrected chi connectivity index (χ1v) is 10.1. The van der Waals surface area contributed by atoms with Crippen molar-refractivity contribution in [2.24, 2.45) is 5.92 Å². The third-order valence-corrected chi connectivity index (χ3v) is 5.36. The van der Waals surface area contributed by atoms with E-state index in [0.717, 1.165) is 25.7 Å². The highest BCUT2D eigenvalue weighted by molar-refractivity contribution is 5.77. The molecule has 0 aliphatic carbocycles. The Labute approximate surface area is 157 Å². The molecule has 2 saturated heterocycles. The number of aliphatic hydroxyl groups is 1. The van der Waals surface area contributed by atoms with Gasteiger partial charge in [-0.25, -0.2) is 4.79 Å². The summed E-state index contributed by atoms with van der Waals surface area (Å²) in [6, 6.07) is 0.179. The third-order valence-electron chi connectivity index (χ3n) is 5.36. The van der Waals surface area contributed by atoms with E-state index >= 15 is 0 Å². The molecule has 2 fully saturated rings. The van der Waals surface area contributed by atoms with Crippen LogP contribution < -0.4 is 0 Å². The van der Waals surface area contributed by atoms with Gasteiger partial charge >= 0.3 is 6.09 Å². The number of likely N-dealkylation sites (tertiary alicyclic amines) is 2. The second-order valence-electron chi connectivity index (χ2n) is 8.82. The fourth-order valence-corrected chi connectivity index (χ4v) is 3.98. The number of carbonyl (C=O) groups excluding carboxylic acids is 2. The third kappa shape index (κ3) is 6.15. The van der Waals surface area contributed by atoms with Crippen LogP contribution in [-0.4, -0.2) is 64.3 Å². The molecule has 0 aromatic carbocycles. The average Bonchev–Trinajstić information content (AvgIpc) is 2.54. The van der Waals surface area contributed by atoms with Crippen molar-refractivity contribution in [3.05, 3.63) is 0 Å². The quantitative estimate of drug-likeness (QED) is 0.827. The zero-order valence-corrected chi connectivity index (χ0v) is 16.9. The molecule has 2 atom stereocenters. The van der Waals surface area contributed by atoms with Crippen molar-refractivity contribution < 1.29 is 19.4 Å².